The van der Waals surface area contributed by atoms with Gasteiger partial charge in [-0.1, -0.05) is 39.0 Å². The normalized spacial score (nSPS) is 14.9. The number of aliphatic hydroxyl groups is 1. The molecule has 0 aliphatic heterocycles. The van der Waals surface area contributed by atoms with Crippen LogP contribution < -0.4 is 0 Å². The van der Waals surface area contributed by atoms with Gasteiger partial charge in [0.05, 0.1) is 6.10 Å². The maximum atomic E-state index is 13.4. The molecular formula is C15H23FO. The van der Waals surface area contributed by atoms with Crippen molar-refractivity contribution in [2.75, 3.05) is 0 Å². The third kappa shape index (κ3) is 5.31. The molecule has 1 N–H and O–H groups in total. The highest BCUT2D eigenvalue weighted by Crippen LogP contribution is 2.19. The van der Waals surface area contributed by atoms with Crippen LogP contribution in [0.4, 0.5) is 4.39 Å². The largest absolute Gasteiger partial charge is 0.393 e. The molecule has 0 saturated heterocycles. The summed E-state index contributed by atoms with van der Waals surface area (Å²) in [6.07, 6.45) is 1.82. The first-order chi connectivity index (χ1) is 7.99. The average molecular weight is 238 g/mol. The van der Waals surface area contributed by atoms with Crippen LogP contribution >= 0.6 is 0 Å². The standard InChI is InChI=1S/C15H23FO/c1-11(2)8-12(3)9-14(17)10-13-6-4-5-7-15(13)16/h4-7,11-12,14,17H,8-10H2,1-3H3. The van der Waals surface area contributed by atoms with Crippen molar-refractivity contribution in [2.24, 2.45) is 11.8 Å². The van der Waals surface area contributed by atoms with E-state index >= 15 is 0 Å². The Labute approximate surface area is 104 Å². The van der Waals surface area contributed by atoms with Gasteiger partial charge in [-0.15, -0.1) is 0 Å². The van der Waals surface area contributed by atoms with Gasteiger partial charge in [-0.05, 0) is 36.3 Å². The van der Waals surface area contributed by atoms with E-state index in [0.29, 0.717) is 23.8 Å². The van der Waals surface area contributed by atoms with Crippen molar-refractivity contribution in [3.63, 3.8) is 0 Å². The number of hydrogen-bond acceptors (Lipinski definition) is 1. The molecule has 1 nitrogen and oxygen atoms in total. The Bertz CT molecular complexity index is 335. The Morgan fingerprint density at radius 1 is 1.12 bits per heavy atom. The molecule has 2 unspecified atom stereocenters. The SMILES string of the molecule is CC(C)CC(C)CC(O)Cc1ccccc1F. The van der Waals surface area contributed by atoms with E-state index in [0.717, 1.165) is 12.8 Å². The van der Waals surface area contributed by atoms with Gasteiger partial charge < -0.3 is 5.11 Å². The van der Waals surface area contributed by atoms with E-state index in [1.165, 1.54) is 6.07 Å². The average Bonchev–Trinajstić information content (AvgIpc) is 2.19. The lowest BCUT2D eigenvalue weighted by molar-refractivity contribution is 0.139. The molecule has 0 aliphatic rings. The van der Waals surface area contributed by atoms with Crippen LogP contribution in [0.2, 0.25) is 0 Å². The fraction of sp³-hybridized carbons (Fsp3) is 0.600. The van der Waals surface area contributed by atoms with Crippen LogP contribution in [0.5, 0.6) is 0 Å². The van der Waals surface area contributed by atoms with E-state index in [9.17, 15) is 9.50 Å². The second-order valence-corrected chi connectivity index (χ2v) is 5.42. The molecule has 0 aromatic heterocycles. The highest BCUT2D eigenvalue weighted by Gasteiger charge is 2.13. The Morgan fingerprint density at radius 2 is 1.76 bits per heavy atom. The van der Waals surface area contributed by atoms with Crippen molar-refractivity contribution in [3.8, 4) is 0 Å². The van der Waals surface area contributed by atoms with E-state index in [1.54, 1.807) is 12.1 Å². The van der Waals surface area contributed by atoms with Crippen LogP contribution in [0.25, 0.3) is 0 Å². The molecule has 0 spiro atoms. The minimum Gasteiger partial charge on any atom is -0.393 e. The van der Waals surface area contributed by atoms with Gasteiger partial charge >= 0.3 is 0 Å². The second kappa shape index (κ2) is 6.75. The smallest absolute Gasteiger partial charge is 0.126 e. The van der Waals surface area contributed by atoms with Crippen molar-refractivity contribution in [1.29, 1.82) is 0 Å². The quantitative estimate of drug-likeness (QED) is 0.799. The molecule has 17 heavy (non-hydrogen) atoms. The summed E-state index contributed by atoms with van der Waals surface area (Å²) < 4.78 is 13.4. The summed E-state index contributed by atoms with van der Waals surface area (Å²) in [5.41, 5.74) is 0.608. The van der Waals surface area contributed by atoms with Gasteiger partial charge in [0.25, 0.3) is 0 Å². The van der Waals surface area contributed by atoms with E-state index in [4.69, 9.17) is 0 Å². The van der Waals surface area contributed by atoms with Gasteiger partial charge in [0.1, 0.15) is 5.82 Å². The van der Waals surface area contributed by atoms with Crippen LogP contribution in [0.15, 0.2) is 24.3 Å². The molecule has 1 aromatic rings. The summed E-state index contributed by atoms with van der Waals surface area (Å²) in [7, 11) is 0. The van der Waals surface area contributed by atoms with Gasteiger partial charge in [0.15, 0.2) is 0 Å². The Hall–Kier alpha value is -0.890. The van der Waals surface area contributed by atoms with Crippen LogP contribution in [-0.4, -0.2) is 11.2 Å². The molecule has 0 saturated carbocycles. The third-order valence-corrected chi connectivity index (χ3v) is 2.96. The molecule has 1 rings (SSSR count). The van der Waals surface area contributed by atoms with Crippen molar-refractivity contribution in [2.45, 2.75) is 46.1 Å². The lowest BCUT2D eigenvalue weighted by atomic mass is 9.91. The lowest BCUT2D eigenvalue weighted by Gasteiger charge is -2.18. The molecule has 2 heteroatoms. The number of benzene rings is 1. The number of hydrogen-bond donors (Lipinski definition) is 1. The van der Waals surface area contributed by atoms with Crippen LogP contribution in [0.3, 0.4) is 0 Å². The maximum Gasteiger partial charge on any atom is 0.126 e. The van der Waals surface area contributed by atoms with Gasteiger partial charge in [-0.2, -0.15) is 0 Å². The first-order valence-electron chi connectivity index (χ1n) is 6.40. The van der Waals surface area contributed by atoms with Crippen LogP contribution in [0.1, 0.15) is 39.2 Å². The monoisotopic (exact) mass is 238 g/mol. The van der Waals surface area contributed by atoms with E-state index in [1.807, 2.05) is 6.07 Å². The fourth-order valence-electron chi connectivity index (χ4n) is 2.37. The highest BCUT2D eigenvalue weighted by atomic mass is 19.1. The minimum absolute atomic E-state index is 0.219. The zero-order valence-electron chi connectivity index (χ0n) is 11.0. The zero-order chi connectivity index (χ0) is 12.8. The minimum atomic E-state index is -0.444. The van der Waals surface area contributed by atoms with E-state index < -0.39 is 6.10 Å². The van der Waals surface area contributed by atoms with Crippen molar-refractivity contribution in [3.05, 3.63) is 35.6 Å². The molecule has 2 atom stereocenters. The second-order valence-electron chi connectivity index (χ2n) is 5.42. The van der Waals surface area contributed by atoms with Crippen molar-refractivity contribution >= 4 is 0 Å². The molecule has 0 heterocycles. The van der Waals surface area contributed by atoms with Gasteiger partial charge in [0, 0.05) is 6.42 Å². The Kier molecular flexibility index (Phi) is 5.63. The van der Waals surface area contributed by atoms with E-state index in [-0.39, 0.29) is 5.82 Å². The van der Waals surface area contributed by atoms with Gasteiger partial charge in [-0.3, -0.25) is 0 Å². The van der Waals surface area contributed by atoms with E-state index in [2.05, 4.69) is 20.8 Å². The third-order valence-electron chi connectivity index (χ3n) is 2.96. The number of halogens is 1. The molecule has 0 fully saturated rings. The molecule has 0 bridgehead atoms. The summed E-state index contributed by atoms with van der Waals surface area (Å²) in [6, 6.07) is 6.67. The highest BCUT2D eigenvalue weighted by molar-refractivity contribution is 5.17. The predicted molar refractivity (Wildman–Crippen MR) is 69.3 cm³/mol. The summed E-state index contributed by atoms with van der Waals surface area (Å²) in [6.45, 7) is 6.50. The lowest BCUT2D eigenvalue weighted by Crippen LogP contribution is -2.16. The molecular weight excluding hydrogens is 215 g/mol. The van der Waals surface area contributed by atoms with Crippen LogP contribution in [-0.2, 0) is 6.42 Å². The maximum absolute atomic E-state index is 13.4. The van der Waals surface area contributed by atoms with Gasteiger partial charge in [-0.25, -0.2) is 4.39 Å². The van der Waals surface area contributed by atoms with Crippen molar-refractivity contribution in [1.82, 2.24) is 0 Å². The molecule has 96 valence electrons. The fourth-order valence-corrected chi connectivity index (χ4v) is 2.37. The molecule has 1 aromatic carbocycles. The summed E-state index contributed by atoms with van der Waals surface area (Å²) >= 11 is 0. The summed E-state index contributed by atoms with van der Waals surface area (Å²) in [5, 5.41) is 9.94. The zero-order valence-corrected chi connectivity index (χ0v) is 11.0. The van der Waals surface area contributed by atoms with Gasteiger partial charge in [0.2, 0.25) is 0 Å². The van der Waals surface area contributed by atoms with Crippen LogP contribution in [0, 0.1) is 17.7 Å². The number of aliphatic hydroxyl groups excluding tert-OH is 1. The molecule has 0 amide bonds. The van der Waals surface area contributed by atoms with Crippen molar-refractivity contribution < 1.29 is 9.50 Å². The first kappa shape index (κ1) is 14.2. The molecule has 0 aliphatic carbocycles. The predicted octanol–water partition coefficient (Wildman–Crippen LogP) is 3.80. The molecule has 0 radical (unpaired) electrons. The summed E-state index contributed by atoms with van der Waals surface area (Å²) in [5.74, 6) is 0.908. The summed E-state index contributed by atoms with van der Waals surface area (Å²) in [4.78, 5) is 0. The topological polar surface area (TPSA) is 20.2 Å². The first-order valence-corrected chi connectivity index (χ1v) is 6.40. The number of rotatable bonds is 6. The Morgan fingerprint density at radius 3 is 2.35 bits per heavy atom. The Balaban J connectivity index is 2.44.